The van der Waals surface area contributed by atoms with Crippen LogP contribution in [0.2, 0.25) is 0 Å². The van der Waals surface area contributed by atoms with E-state index < -0.39 is 0 Å². The second kappa shape index (κ2) is 5.93. The molecule has 3 unspecified atom stereocenters. The number of carbonyl (C=O) groups excluding carboxylic acids is 1. The molecule has 0 N–H and O–H groups in total. The van der Waals surface area contributed by atoms with Gasteiger partial charge in [0.2, 0.25) is 0 Å². The number of carbonyl (C=O) groups is 1. The Kier molecular flexibility index (Phi) is 5.17. The monoisotopic (exact) mass is 228 g/mol. The van der Waals surface area contributed by atoms with Crippen LogP contribution >= 0.6 is 11.8 Å². The van der Waals surface area contributed by atoms with Gasteiger partial charge in [0.1, 0.15) is 5.78 Å². The van der Waals surface area contributed by atoms with Gasteiger partial charge in [-0.2, -0.15) is 11.8 Å². The fraction of sp³-hybridized carbons (Fsp3) is 0.923. The summed E-state index contributed by atoms with van der Waals surface area (Å²) in [6, 6.07) is 0. The van der Waals surface area contributed by atoms with E-state index in [2.05, 4.69) is 27.7 Å². The van der Waals surface area contributed by atoms with Crippen molar-refractivity contribution in [3.63, 3.8) is 0 Å². The number of rotatable bonds is 4. The molecule has 0 aliphatic heterocycles. The van der Waals surface area contributed by atoms with Crippen LogP contribution in [0.3, 0.4) is 0 Å². The van der Waals surface area contributed by atoms with E-state index in [9.17, 15) is 4.79 Å². The summed E-state index contributed by atoms with van der Waals surface area (Å²) in [4.78, 5) is 11.9. The largest absolute Gasteiger partial charge is 0.298 e. The van der Waals surface area contributed by atoms with E-state index in [0.717, 1.165) is 30.4 Å². The highest BCUT2D eigenvalue weighted by molar-refractivity contribution is 8.00. The molecule has 0 spiro atoms. The van der Waals surface area contributed by atoms with Crippen LogP contribution in [0, 0.1) is 17.8 Å². The lowest BCUT2D eigenvalue weighted by Gasteiger charge is -2.31. The van der Waals surface area contributed by atoms with Gasteiger partial charge in [-0.1, -0.05) is 27.7 Å². The number of hydrogen-bond donors (Lipinski definition) is 0. The summed E-state index contributed by atoms with van der Waals surface area (Å²) in [5.74, 6) is 3.13. The summed E-state index contributed by atoms with van der Waals surface area (Å²) < 4.78 is 0. The maximum Gasteiger partial charge on any atom is 0.145 e. The van der Waals surface area contributed by atoms with Gasteiger partial charge < -0.3 is 0 Å². The number of ketones is 1. The molecular weight excluding hydrogens is 204 g/mol. The molecule has 0 radical (unpaired) electrons. The Morgan fingerprint density at radius 3 is 2.47 bits per heavy atom. The minimum Gasteiger partial charge on any atom is -0.298 e. The lowest BCUT2D eigenvalue weighted by molar-refractivity contribution is -0.122. The third-order valence-electron chi connectivity index (χ3n) is 3.61. The first-order chi connectivity index (χ1) is 7.00. The van der Waals surface area contributed by atoms with Crippen molar-refractivity contribution < 1.29 is 4.79 Å². The Morgan fingerprint density at radius 1 is 1.27 bits per heavy atom. The van der Waals surface area contributed by atoms with E-state index >= 15 is 0 Å². The van der Waals surface area contributed by atoms with Crippen LogP contribution in [0.1, 0.15) is 47.0 Å². The molecule has 2 heteroatoms. The van der Waals surface area contributed by atoms with E-state index in [1.807, 2.05) is 0 Å². The van der Waals surface area contributed by atoms with Crippen molar-refractivity contribution >= 4 is 17.5 Å². The standard InChI is InChI=1S/C13H24OS/c1-9(2)15-8-13(14)12-6-5-10(3)11(4)7-12/h9-12H,5-8H2,1-4H3. The molecule has 3 atom stereocenters. The van der Waals surface area contributed by atoms with Gasteiger partial charge in [-0.25, -0.2) is 0 Å². The maximum absolute atomic E-state index is 11.9. The Bertz CT molecular complexity index is 213. The van der Waals surface area contributed by atoms with Gasteiger partial charge >= 0.3 is 0 Å². The normalized spacial score (nSPS) is 31.9. The second-order valence-electron chi connectivity index (χ2n) is 5.29. The lowest BCUT2D eigenvalue weighted by Crippen LogP contribution is -2.27. The average molecular weight is 228 g/mol. The molecule has 1 aliphatic carbocycles. The van der Waals surface area contributed by atoms with Crippen LogP contribution in [0.15, 0.2) is 0 Å². The smallest absolute Gasteiger partial charge is 0.145 e. The van der Waals surface area contributed by atoms with Gasteiger partial charge in [-0.05, 0) is 36.3 Å². The van der Waals surface area contributed by atoms with Crippen molar-refractivity contribution in [3.05, 3.63) is 0 Å². The molecule has 0 saturated heterocycles. The molecule has 1 saturated carbocycles. The van der Waals surface area contributed by atoms with Gasteiger partial charge in [-0.3, -0.25) is 4.79 Å². The topological polar surface area (TPSA) is 17.1 Å². The first-order valence-corrected chi connectivity index (χ1v) is 7.20. The van der Waals surface area contributed by atoms with Crippen molar-refractivity contribution in [1.82, 2.24) is 0 Å². The summed E-state index contributed by atoms with van der Waals surface area (Å²) >= 11 is 1.79. The molecular formula is C13H24OS. The molecule has 1 nitrogen and oxygen atoms in total. The predicted octanol–water partition coefficient (Wildman–Crippen LogP) is 3.77. The number of Topliss-reactive ketones (excluding diaryl/α,β-unsaturated/α-hetero) is 1. The Labute approximate surface area is 98.4 Å². The van der Waals surface area contributed by atoms with Gasteiger partial charge in [0, 0.05) is 5.92 Å². The maximum atomic E-state index is 11.9. The highest BCUT2D eigenvalue weighted by Gasteiger charge is 2.28. The molecule has 15 heavy (non-hydrogen) atoms. The van der Waals surface area contributed by atoms with Gasteiger partial charge in [0.15, 0.2) is 0 Å². The zero-order chi connectivity index (χ0) is 11.4. The molecule has 0 amide bonds. The summed E-state index contributed by atoms with van der Waals surface area (Å²) in [7, 11) is 0. The Hall–Kier alpha value is 0.0200. The molecule has 0 heterocycles. The van der Waals surface area contributed by atoms with Crippen molar-refractivity contribution in [3.8, 4) is 0 Å². The van der Waals surface area contributed by atoms with E-state index in [-0.39, 0.29) is 0 Å². The highest BCUT2D eigenvalue weighted by atomic mass is 32.2. The fourth-order valence-electron chi connectivity index (χ4n) is 2.21. The first kappa shape index (κ1) is 13.1. The van der Waals surface area contributed by atoms with Crippen LogP contribution in [-0.4, -0.2) is 16.8 Å². The van der Waals surface area contributed by atoms with E-state index in [4.69, 9.17) is 0 Å². The first-order valence-electron chi connectivity index (χ1n) is 6.15. The average Bonchev–Trinajstić information content (AvgIpc) is 2.18. The van der Waals surface area contributed by atoms with Crippen molar-refractivity contribution in [2.75, 3.05) is 5.75 Å². The predicted molar refractivity (Wildman–Crippen MR) is 68.3 cm³/mol. The molecule has 0 aromatic heterocycles. The molecule has 1 aliphatic rings. The summed E-state index contributed by atoms with van der Waals surface area (Å²) in [6.07, 6.45) is 3.49. The third-order valence-corrected chi connectivity index (χ3v) is 4.73. The third kappa shape index (κ3) is 4.18. The Morgan fingerprint density at radius 2 is 1.93 bits per heavy atom. The van der Waals surface area contributed by atoms with E-state index in [1.165, 1.54) is 6.42 Å². The summed E-state index contributed by atoms with van der Waals surface area (Å²) in [5, 5.41) is 0.578. The highest BCUT2D eigenvalue weighted by Crippen LogP contribution is 2.34. The summed E-state index contributed by atoms with van der Waals surface area (Å²) in [5.41, 5.74) is 0. The van der Waals surface area contributed by atoms with E-state index in [0.29, 0.717) is 17.0 Å². The molecule has 1 rings (SSSR count). The minimum absolute atomic E-state index is 0.363. The van der Waals surface area contributed by atoms with Gasteiger partial charge in [0.05, 0.1) is 5.75 Å². The fourth-order valence-corrected chi connectivity index (χ4v) is 2.94. The van der Waals surface area contributed by atoms with E-state index in [1.54, 1.807) is 11.8 Å². The zero-order valence-electron chi connectivity index (χ0n) is 10.5. The molecule has 0 aromatic rings. The Balaban J connectivity index is 2.34. The van der Waals surface area contributed by atoms with Crippen LogP contribution in [0.5, 0.6) is 0 Å². The number of hydrogen-bond acceptors (Lipinski definition) is 2. The quantitative estimate of drug-likeness (QED) is 0.728. The molecule has 0 bridgehead atoms. The van der Waals surface area contributed by atoms with Crippen molar-refractivity contribution in [2.45, 2.75) is 52.2 Å². The minimum atomic E-state index is 0.363. The number of thioether (sulfide) groups is 1. The zero-order valence-corrected chi connectivity index (χ0v) is 11.3. The van der Waals surface area contributed by atoms with Gasteiger partial charge in [0.25, 0.3) is 0 Å². The van der Waals surface area contributed by atoms with Crippen LogP contribution in [0.4, 0.5) is 0 Å². The SMILES string of the molecule is CC(C)SCC(=O)C1CCC(C)C(C)C1. The van der Waals surface area contributed by atoms with Crippen molar-refractivity contribution in [2.24, 2.45) is 17.8 Å². The van der Waals surface area contributed by atoms with Crippen LogP contribution in [0.25, 0.3) is 0 Å². The second-order valence-corrected chi connectivity index (χ2v) is 6.86. The van der Waals surface area contributed by atoms with Gasteiger partial charge in [-0.15, -0.1) is 0 Å². The summed E-state index contributed by atoms with van der Waals surface area (Å²) in [6.45, 7) is 8.92. The molecule has 0 aromatic carbocycles. The van der Waals surface area contributed by atoms with Crippen molar-refractivity contribution in [1.29, 1.82) is 0 Å². The van der Waals surface area contributed by atoms with Crippen LogP contribution < -0.4 is 0 Å². The molecule has 88 valence electrons. The van der Waals surface area contributed by atoms with Crippen LogP contribution in [-0.2, 0) is 4.79 Å². The lowest BCUT2D eigenvalue weighted by atomic mass is 9.74. The molecule has 1 fully saturated rings.